The van der Waals surface area contributed by atoms with Crippen molar-refractivity contribution in [2.45, 2.75) is 19.4 Å². The van der Waals surface area contributed by atoms with Gasteiger partial charge in [0.1, 0.15) is 15.7 Å². The average Bonchev–Trinajstić information content (AvgIpc) is 2.24. The molecule has 1 aromatic rings. The summed E-state index contributed by atoms with van der Waals surface area (Å²) in [5, 5.41) is 3.47. The smallest absolute Gasteiger partial charge is 0.147 e. The average molecular weight is 294 g/mol. The molecule has 1 atom stereocenters. The summed E-state index contributed by atoms with van der Waals surface area (Å²) in [4.78, 5) is 0. The van der Waals surface area contributed by atoms with Crippen LogP contribution in [0.3, 0.4) is 0 Å². The third-order valence-corrected chi connectivity index (χ3v) is 3.87. The van der Waals surface area contributed by atoms with Crippen LogP contribution in [0.15, 0.2) is 18.2 Å². The topological polar surface area (TPSA) is 46.2 Å². The van der Waals surface area contributed by atoms with Gasteiger partial charge in [-0.15, -0.1) is 0 Å². The number of hydrogen-bond donors (Lipinski definition) is 1. The number of hydrogen-bond acceptors (Lipinski definition) is 3. The van der Waals surface area contributed by atoms with Gasteiger partial charge in [0.05, 0.1) is 5.75 Å². The van der Waals surface area contributed by atoms with E-state index in [4.69, 9.17) is 11.6 Å². The lowest BCUT2D eigenvalue weighted by Gasteiger charge is -2.19. The first kappa shape index (κ1) is 15.4. The largest absolute Gasteiger partial charge is 0.310 e. The molecule has 0 bridgehead atoms. The van der Waals surface area contributed by atoms with Crippen molar-refractivity contribution in [2.75, 3.05) is 18.6 Å². The molecule has 6 heteroatoms. The molecular formula is C12H17ClFNO2S. The molecule has 0 aliphatic rings. The first-order valence-corrected chi connectivity index (χ1v) is 8.13. The maximum Gasteiger partial charge on any atom is 0.147 e. The van der Waals surface area contributed by atoms with E-state index >= 15 is 0 Å². The lowest BCUT2D eigenvalue weighted by atomic mass is 10.0. The predicted molar refractivity (Wildman–Crippen MR) is 72.2 cm³/mol. The lowest BCUT2D eigenvalue weighted by molar-refractivity contribution is 0.528. The van der Waals surface area contributed by atoms with Crippen molar-refractivity contribution in [2.24, 2.45) is 0 Å². The molecule has 0 saturated carbocycles. The Kier molecular flexibility index (Phi) is 5.56. The van der Waals surface area contributed by atoms with Crippen LogP contribution in [-0.2, 0) is 9.84 Å². The van der Waals surface area contributed by atoms with Crippen LogP contribution in [0.2, 0.25) is 5.02 Å². The van der Waals surface area contributed by atoms with Gasteiger partial charge in [-0.2, -0.15) is 0 Å². The lowest BCUT2D eigenvalue weighted by Crippen LogP contribution is -2.23. The number of sulfone groups is 1. The highest BCUT2D eigenvalue weighted by Gasteiger charge is 2.16. The summed E-state index contributed by atoms with van der Waals surface area (Å²) in [6.45, 7) is 2.60. The van der Waals surface area contributed by atoms with E-state index in [9.17, 15) is 12.8 Å². The van der Waals surface area contributed by atoms with E-state index in [0.29, 0.717) is 18.0 Å². The summed E-state index contributed by atoms with van der Waals surface area (Å²) < 4.78 is 35.4. The molecule has 1 unspecified atom stereocenters. The zero-order valence-electron chi connectivity index (χ0n) is 10.4. The molecule has 0 saturated heterocycles. The minimum Gasteiger partial charge on any atom is -0.310 e. The molecule has 0 aliphatic heterocycles. The zero-order valence-corrected chi connectivity index (χ0v) is 12.0. The first-order valence-electron chi connectivity index (χ1n) is 5.69. The van der Waals surface area contributed by atoms with Gasteiger partial charge in [0.2, 0.25) is 0 Å². The second kappa shape index (κ2) is 6.50. The molecule has 0 radical (unpaired) electrons. The zero-order chi connectivity index (χ0) is 13.8. The van der Waals surface area contributed by atoms with Crippen molar-refractivity contribution in [1.29, 1.82) is 0 Å². The second-order valence-electron chi connectivity index (χ2n) is 4.19. The Bertz CT molecular complexity index is 505. The van der Waals surface area contributed by atoms with Crippen LogP contribution in [-0.4, -0.2) is 27.0 Å². The quantitative estimate of drug-likeness (QED) is 0.877. The van der Waals surface area contributed by atoms with Gasteiger partial charge in [-0.05, 0) is 30.7 Å². The fourth-order valence-corrected chi connectivity index (χ4v) is 2.69. The van der Waals surface area contributed by atoms with Gasteiger partial charge >= 0.3 is 0 Å². The number of nitrogens with one attached hydrogen (secondary N) is 1. The highest BCUT2D eigenvalue weighted by atomic mass is 35.5. The van der Waals surface area contributed by atoms with Crippen molar-refractivity contribution in [3.8, 4) is 0 Å². The summed E-state index contributed by atoms with van der Waals surface area (Å²) in [6.07, 6.45) is 1.61. The third-order valence-electron chi connectivity index (χ3n) is 2.57. The van der Waals surface area contributed by atoms with Crippen LogP contribution in [0.5, 0.6) is 0 Å². The summed E-state index contributed by atoms with van der Waals surface area (Å²) >= 11 is 5.98. The van der Waals surface area contributed by atoms with Gasteiger partial charge in [-0.1, -0.05) is 24.6 Å². The Morgan fingerprint density at radius 3 is 2.61 bits per heavy atom. The molecule has 0 fully saturated rings. The van der Waals surface area contributed by atoms with Crippen LogP contribution in [0.25, 0.3) is 0 Å². The third kappa shape index (κ3) is 4.92. The normalized spacial score (nSPS) is 13.6. The van der Waals surface area contributed by atoms with Crippen molar-refractivity contribution < 1.29 is 12.8 Å². The van der Waals surface area contributed by atoms with Crippen molar-refractivity contribution in [1.82, 2.24) is 5.32 Å². The summed E-state index contributed by atoms with van der Waals surface area (Å²) in [5.41, 5.74) is 0.726. The summed E-state index contributed by atoms with van der Waals surface area (Å²) in [7, 11) is -3.02. The highest BCUT2D eigenvalue weighted by Crippen LogP contribution is 2.26. The van der Waals surface area contributed by atoms with E-state index < -0.39 is 15.7 Å². The Labute approximate surface area is 112 Å². The standard InChI is InChI=1S/C12H17ClFNO2S/c1-3-15-12(6-7-18(2,16)17)10-5-4-9(14)8-11(10)13/h4-5,8,12,15H,3,6-7H2,1-2H3. The Morgan fingerprint density at radius 2 is 2.11 bits per heavy atom. The molecule has 1 rings (SSSR count). The molecular weight excluding hydrogens is 277 g/mol. The maximum absolute atomic E-state index is 13.0. The predicted octanol–water partition coefficient (Wildman–Crippen LogP) is 2.56. The molecule has 1 aromatic carbocycles. The van der Waals surface area contributed by atoms with E-state index in [2.05, 4.69) is 5.32 Å². The molecule has 0 heterocycles. The number of rotatable bonds is 6. The molecule has 0 spiro atoms. The molecule has 0 aliphatic carbocycles. The van der Waals surface area contributed by atoms with Crippen LogP contribution >= 0.6 is 11.6 Å². The fraction of sp³-hybridized carbons (Fsp3) is 0.500. The Balaban J connectivity index is 2.90. The van der Waals surface area contributed by atoms with Crippen LogP contribution in [0, 0.1) is 5.82 Å². The maximum atomic E-state index is 13.0. The minimum atomic E-state index is -3.02. The van der Waals surface area contributed by atoms with E-state index in [-0.39, 0.29) is 11.8 Å². The van der Waals surface area contributed by atoms with Gasteiger partial charge < -0.3 is 5.32 Å². The highest BCUT2D eigenvalue weighted by molar-refractivity contribution is 7.90. The molecule has 0 amide bonds. The first-order chi connectivity index (χ1) is 8.33. The number of benzene rings is 1. The molecule has 1 N–H and O–H groups in total. The van der Waals surface area contributed by atoms with Gasteiger partial charge in [-0.25, -0.2) is 12.8 Å². The van der Waals surface area contributed by atoms with Crippen LogP contribution < -0.4 is 5.32 Å². The Hall–Kier alpha value is -0.650. The monoisotopic (exact) mass is 293 g/mol. The molecule has 18 heavy (non-hydrogen) atoms. The van der Waals surface area contributed by atoms with Gasteiger partial charge in [0.25, 0.3) is 0 Å². The van der Waals surface area contributed by atoms with Gasteiger partial charge in [0, 0.05) is 17.3 Å². The van der Waals surface area contributed by atoms with E-state index in [0.717, 1.165) is 5.56 Å². The van der Waals surface area contributed by atoms with Crippen molar-refractivity contribution in [3.05, 3.63) is 34.6 Å². The van der Waals surface area contributed by atoms with Crippen LogP contribution in [0.4, 0.5) is 4.39 Å². The van der Waals surface area contributed by atoms with E-state index in [1.165, 1.54) is 18.4 Å². The second-order valence-corrected chi connectivity index (χ2v) is 6.86. The van der Waals surface area contributed by atoms with E-state index in [1.54, 1.807) is 6.07 Å². The van der Waals surface area contributed by atoms with Gasteiger partial charge in [-0.3, -0.25) is 0 Å². The molecule has 3 nitrogen and oxygen atoms in total. The molecule has 102 valence electrons. The Morgan fingerprint density at radius 1 is 1.44 bits per heavy atom. The molecule has 0 aromatic heterocycles. The number of halogens is 2. The van der Waals surface area contributed by atoms with Crippen LogP contribution in [0.1, 0.15) is 24.9 Å². The van der Waals surface area contributed by atoms with Crippen molar-refractivity contribution >= 4 is 21.4 Å². The van der Waals surface area contributed by atoms with Gasteiger partial charge in [0.15, 0.2) is 0 Å². The van der Waals surface area contributed by atoms with Crippen molar-refractivity contribution in [3.63, 3.8) is 0 Å². The fourth-order valence-electron chi connectivity index (χ4n) is 1.73. The van der Waals surface area contributed by atoms with E-state index in [1.807, 2.05) is 6.92 Å². The minimum absolute atomic E-state index is 0.0678. The summed E-state index contributed by atoms with van der Waals surface area (Å²) in [5.74, 6) is -0.333. The SMILES string of the molecule is CCNC(CCS(C)(=O)=O)c1ccc(F)cc1Cl. The summed E-state index contributed by atoms with van der Waals surface area (Å²) in [6, 6.07) is 3.97.